The number of nitrogens with two attached hydrogens (primary N) is 4. The van der Waals surface area contributed by atoms with Crippen molar-refractivity contribution in [2.45, 2.75) is 9.79 Å². The van der Waals surface area contributed by atoms with Gasteiger partial charge in [-0.3, -0.25) is 30.8 Å². The van der Waals surface area contributed by atoms with Gasteiger partial charge < -0.3 is 11.5 Å². The first-order valence-electron chi connectivity index (χ1n) is 6.83. The third kappa shape index (κ3) is 8.12. The summed E-state index contributed by atoms with van der Waals surface area (Å²) < 4.78 is 63.0. The quantitative estimate of drug-likeness (QED) is 0.0805. The number of benzene rings is 2. The third-order valence-electron chi connectivity index (χ3n) is 2.69. The summed E-state index contributed by atoms with van der Waals surface area (Å²) in [5.41, 5.74) is 13.1. The highest BCUT2D eigenvalue weighted by atomic mass is 32.2. The summed E-state index contributed by atoms with van der Waals surface area (Å²) in [6.45, 7) is 0. The first-order valence-corrected chi connectivity index (χ1v) is 9.71. The van der Waals surface area contributed by atoms with Gasteiger partial charge in [0.15, 0.2) is 11.9 Å². The van der Waals surface area contributed by atoms with E-state index in [-0.39, 0.29) is 17.3 Å². The molecule has 156 valence electrons. The lowest BCUT2D eigenvalue weighted by Gasteiger charge is -2.08. The highest BCUT2D eigenvalue weighted by molar-refractivity contribution is 7.89. The molecule has 0 amide bonds. The van der Waals surface area contributed by atoms with Gasteiger partial charge in [0.1, 0.15) is 9.79 Å². The fourth-order valence-electron chi connectivity index (χ4n) is 1.69. The lowest BCUT2D eigenvalue weighted by Crippen LogP contribution is -2.35. The summed E-state index contributed by atoms with van der Waals surface area (Å²) in [4.78, 5) is -1.66. The molecule has 2 aromatic rings. The van der Waals surface area contributed by atoms with E-state index in [4.69, 9.17) is 19.9 Å². The molecule has 0 unspecified atom stereocenters. The summed E-state index contributed by atoms with van der Waals surface area (Å²) in [6.07, 6.45) is 0. The summed E-state index contributed by atoms with van der Waals surface area (Å²) in [5.74, 6) is 8.71. The molecule has 0 aliphatic carbocycles. The Hall–Kier alpha value is -3.02. The predicted octanol–water partition coefficient (Wildman–Crippen LogP) is -1.98. The number of hydrogen-bond acceptors (Lipinski definition) is 8. The second-order valence-corrected chi connectivity index (χ2v) is 7.43. The van der Waals surface area contributed by atoms with E-state index < -0.39 is 30.0 Å². The van der Waals surface area contributed by atoms with Crippen LogP contribution in [0.2, 0.25) is 0 Å². The third-order valence-corrected chi connectivity index (χ3v) is 4.67. The molecule has 14 nitrogen and oxygen atoms in total. The molecule has 0 bridgehead atoms. The van der Waals surface area contributed by atoms with Crippen molar-refractivity contribution in [2.75, 3.05) is 0 Å². The number of hydrogen-bond donors (Lipinski definition) is 10. The smallest absolute Gasteiger partial charge is 0.296 e. The molecule has 0 radical (unpaired) electrons. The van der Waals surface area contributed by atoms with Crippen molar-refractivity contribution in [3.8, 4) is 0 Å². The Kier molecular flexibility index (Phi) is 9.23. The van der Waals surface area contributed by atoms with Crippen LogP contribution in [0.3, 0.4) is 0 Å². The number of guanidine groups is 2. The van der Waals surface area contributed by atoms with Crippen molar-refractivity contribution in [3.05, 3.63) is 36.4 Å². The van der Waals surface area contributed by atoms with Crippen LogP contribution >= 0.6 is 0 Å². The van der Waals surface area contributed by atoms with Crippen LogP contribution in [-0.2, 0) is 20.2 Å². The molecule has 0 saturated carbocycles. The average Bonchev–Trinajstić information content (AvgIpc) is 2.60. The molecule has 14 N–H and O–H groups in total. The highest BCUT2D eigenvalue weighted by Gasteiger charge is 2.26. The van der Waals surface area contributed by atoms with Gasteiger partial charge in [0.2, 0.25) is 0 Å². The second-order valence-electron chi connectivity index (χ2n) is 4.68. The van der Waals surface area contributed by atoms with Crippen molar-refractivity contribution in [1.29, 1.82) is 10.8 Å². The Labute approximate surface area is 160 Å². The van der Waals surface area contributed by atoms with E-state index in [9.17, 15) is 16.8 Å². The van der Waals surface area contributed by atoms with Gasteiger partial charge in [-0.15, -0.1) is 0 Å². The topological polar surface area (TPSA) is 285 Å². The minimum absolute atomic E-state index is 0.0233. The standard InChI is InChI=1S/C10H8O6S2.2CH6N4/c11-17(12,13)9-6-5-7-3-1-2-4-8(7)10(9)18(14,15)16;2*2-1(3)5-4/h1-6H,(H,11,12,13)(H,14,15,16);2*4H2,(H4,2,3,5). The Morgan fingerprint density at radius 3 is 1.61 bits per heavy atom. The van der Waals surface area contributed by atoms with Gasteiger partial charge in [-0.1, -0.05) is 30.3 Å². The first kappa shape index (κ1) is 25.0. The van der Waals surface area contributed by atoms with E-state index in [1.807, 2.05) is 10.9 Å². The van der Waals surface area contributed by atoms with Crippen molar-refractivity contribution in [3.63, 3.8) is 0 Å². The van der Waals surface area contributed by atoms with Crippen molar-refractivity contribution >= 4 is 42.9 Å². The lowest BCUT2D eigenvalue weighted by atomic mass is 10.1. The molecular weight excluding hydrogens is 416 g/mol. The minimum Gasteiger partial charge on any atom is -0.369 e. The zero-order valence-electron chi connectivity index (χ0n) is 14.1. The van der Waals surface area contributed by atoms with E-state index in [2.05, 4.69) is 23.2 Å². The molecule has 0 heterocycles. The normalized spacial score (nSPS) is 10.6. The molecule has 28 heavy (non-hydrogen) atoms. The van der Waals surface area contributed by atoms with Gasteiger partial charge in [-0.2, -0.15) is 16.8 Å². The van der Waals surface area contributed by atoms with Gasteiger partial charge in [0, 0.05) is 5.39 Å². The largest absolute Gasteiger partial charge is 0.369 e. The molecule has 0 saturated heterocycles. The van der Waals surface area contributed by atoms with E-state index in [0.717, 1.165) is 6.07 Å². The van der Waals surface area contributed by atoms with Gasteiger partial charge in [0.05, 0.1) is 0 Å². The van der Waals surface area contributed by atoms with Crippen LogP contribution in [0.4, 0.5) is 0 Å². The number of rotatable bonds is 2. The van der Waals surface area contributed by atoms with Crippen molar-refractivity contribution < 1.29 is 25.9 Å². The van der Waals surface area contributed by atoms with E-state index in [0.29, 0.717) is 5.39 Å². The minimum atomic E-state index is -4.78. The Morgan fingerprint density at radius 1 is 0.821 bits per heavy atom. The SMILES string of the molecule is N=C(N)NN.N=C(N)NN.O=S(=O)(O)c1ccc2ccccc2c1S(=O)(=O)O. The Balaban J connectivity index is 0.000000607. The molecule has 0 fully saturated rings. The molecule has 2 aromatic carbocycles. The zero-order chi connectivity index (χ0) is 22.1. The van der Waals surface area contributed by atoms with Gasteiger partial charge in [0.25, 0.3) is 20.2 Å². The lowest BCUT2D eigenvalue weighted by molar-refractivity contribution is 0.467. The highest BCUT2D eigenvalue weighted by Crippen LogP contribution is 2.29. The molecule has 0 aliphatic rings. The molecule has 0 atom stereocenters. The summed E-state index contributed by atoms with van der Waals surface area (Å²) >= 11 is 0. The number of fused-ring (bicyclic) bond motifs is 1. The molecule has 0 aromatic heterocycles. The fourth-order valence-corrected chi connectivity index (χ4v) is 3.69. The second kappa shape index (κ2) is 10.3. The molecular formula is C12H20N8O6S2. The maximum Gasteiger partial charge on any atom is 0.296 e. The van der Waals surface area contributed by atoms with Crippen LogP contribution in [0.5, 0.6) is 0 Å². The van der Waals surface area contributed by atoms with Gasteiger partial charge in [-0.05, 0) is 11.5 Å². The maximum absolute atomic E-state index is 11.3. The summed E-state index contributed by atoms with van der Waals surface area (Å²) in [5, 5.41) is 13.0. The molecule has 2 rings (SSSR count). The average molecular weight is 436 g/mol. The molecule has 0 spiro atoms. The molecule has 0 aliphatic heterocycles. The van der Waals surface area contributed by atoms with Crippen LogP contribution in [-0.4, -0.2) is 37.9 Å². The zero-order valence-corrected chi connectivity index (χ0v) is 15.8. The van der Waals surface area contributed by atoms with Crippen LogP contribution in [0, 0.1) is 10.8 Å². The van der Waals surface area contributed by atoms with E-state index in [1.165, 1.54) is 18.2 Å². The van der Waals surface area contributed by atoms with Gasteiger partial charge in [-0.25, -0.2) is 11.7 Å². The summed E-state index contributed by atoms with van der Waals surface area (Å²) in [6, 6.07) is 8.28. The fraction of sp³-hybridized carbons (Fsp3) is 0. The summed E-state index contributed by atoms with van der Waals surface area (Å²) in [7, 11) is -9.53. The Morgan fingerprint density at radius 2 is 1.25 bits per heavy atom. The van der Waals surface area contributed by atoms with E-state index in [1.54, 1.807) is 12.1 Å². The Bertz CT molecular complexity index is 1040. The number of hydrazine groups is 2. The van der Waals surface area contributed by atoms with Crippen molar-refractivity contribution in [1.82, 2.24) is 10.9 Å². The van der Waals surface area contributed by atoms with E-state index >= 15 is 0 Å². The van der Waals surface area contributed by atoms with Crippen molar-refractivity contribution in [2.24, 2.45) is 23.2 Å². The maximum atomic E-state index is 11.3. The first-order chi connectivity index (χ1) is 12.8. The van der Waals surface area contributed by atoms with Crippen LogP contribution < -0.4 is 34.0 Å². The molecule has 16 heteroatoms. The predicted molar refractivity (Wildman–Crippen MR) is 102 cm³/mol. The monoisotopic (exact) mass is 436 g/mol. The van der Waals surface area contributed by atoms with Crippen LogP contribution in [0.15, 0.2) is 46.2 Å². The van der Waals surface area contributed by atoms with Gasteiger partial charge >= 0.3 is 0 Å². The van der Waals surface area contributed by atoms with Crippen LogP contribution in [0.25, 0.3) is 10.8 Å². The van der Waals surface area contributed by atoms with Crippen LogP contribution in [0.1, 0.15) is 0 Å². The number of nitrogens with one attached hydrogen (secondary N) is 4.